The lowest BCUT2D eigenvalue weighted by atomic mass is 10.2. The highest BCUT2D eigenvalue weighted by molar-refractivity contribution is 7.89. The standard InChI is InChI=1S/C12H17N3O4S/c1-10-9-14(7-6-13(10)2)20(18,19)12-5-3-4-11(8-12)15(16)17/h3-5,8,10H,6-7,9H2,1-2H3. The van der Waals surface area contributed by atoms with E-state index in [-0.39, 0.29) is 16.6 Å². The number of nitro groups is 1. The summed E-state index contributed by atoms with van der Waals surface area (Å²) in [7, 11) is -1.73. The van der Waals surface area contributed by atoms with E-state index in [2.05, 4.69) is 4.90 Å². The number of piperazine rings is 1. The van der Waals surface area contributed by atoms with Gasteiger partial charge in [0.1, 0.15) is 0 Å². The predicted molar refractivity (Wildman–Crippen MR) is 73.9 cm³/mol. The van der Waals surface area contributed by atoms with Gasteiger partial charge < -0.3 is 4.90 Å². The first-order chi connectivity index (χ1) is 9.32. The van der Waals surface area contributed by atoms with Crippen LogP contribution in [0.4, 0.5) is 5.69 Å². The lowest BCUT2D eigenvalue weighted by Crippen LogP contribution is -2.51. The number of nitro benzene ring substituents is 1. The molecular weight excluding hydrogens is 282 g/mol. The van der Waals surface area contributed by atoms with Crippen LogP contribution in [0, 0.1) is 10.1 Å². The third-order valence-corrected chi connectivity index (χ3v) is 5.45. The monoisotopic (exact) mass is 299 g/mol. The highest BCUT2D eigenvalue weighted by Crippen LogP contribution is 2.22. The predicted octanol–water partition coefficient (Wildman–Crippen LogP) is 0.919. The fraction of sp³-hybridized carbons (Fsp3) is 0.500. The minimum Gasteiger partial charge on any atom is -0.301 e. The first-order valence-electron chi connectivity index (χ1n) is 6.27. The summed E-state index contributed by atoms with van der Waals surface area (Å²) in [5.41, 5.74) is -0.215. The van der Waals surface area contributed by atoms with Gasteiger partial charge in [-0.1, -0.05) is 6.07 Å². The maximum absolute atomic E-state index is 12.5. The van der Waals surface area contributed by atoms with Crippen molar-refractivity contribution < 1.29 is 13.3 Å². The molecule has 1 unspecified atom stereocenters. The van der Waals surface area contributed by atoms with E-state index in [9.17, 15) is 18.5 Å². The van der Waals surface area contributed by atoms with Gasteiger partial charge in [0.15, 0.2) is 0 Å². The molecule has 110 valence electrons. The maximum atomic E-state index is 12.5. The molecule has 2 rings (SSSR count). The normalized spacial score (nSPS) is 21.8. The fourth-order valence-electron chi connectivity index (χ4n) is 2.14. The van der Waals surface area contributed by atoms with Crippen LogP contribution in [0.5, 0.6) is 0 Å². The second-order valence-corrected chi connectivity index (χ2v) is 6.89. The van der Waals surface area contributed by atoms with Gasteiger partial charge in [0.2, 0.25) is 10.0 Å². The zero-order chi connectivity index (χ0) is 14.9. The van der Waals surface area contributed by atoms with Crippen LogP contribution in [0.1, 0.15) is 6.92 Å². The third-order valence-electron chi connectivity index (χ3n) is 3.59. The molecular formula is C12H17N3O4S. The van der Waals surface area contributed by atoms with E-state index >= 15 is 0 Å². The lowest BCUT2D eigenvalue weighted by molar-refractivity contribution is -0.385. The zero-order valence-corrected chi connectivity index (χ0v) is 12.2. The highest BCUT2D eigenvalue weighted by atomic mass is 32.2. The van der Waals surface area contributed by atoms with Crippen molar-refractivity contribution in [2.45, 2.75) is 17.9 Å². The molecule has 0 aliphatic carbocycles. The Balaban J connectivity index is 2.31. The van der Waals surface area contributed by atoms with E-state index < -0.39 is 14.9 Å². The Morgan fingerprint density at radius 1 is 1.35 bits per heavy atom. The van der Waals surface area contributed by atoms with Crippen LogP contribution < -0.4 is 0 Å². The van der Waals surface area contributed by atoms with Crippen LogP contribution in [-0.2, 0) is 10.0 Å². The van der Waals surface area contributed by atoms with Crippen molar-refractivity contribution in [1.29, 1.82) is 0 Å². The van der Waals surface area contributed by atoms with Gasteiger partial charge in [-0.15, -0.1) is 0 Å². The first-order valence-corrected chi connectivity index (χ1v) is 7.71. The van der Waals surface area contributed by atoms with Gasteiger partial charge in [-0.2, -0.15) is 4.31 Å². The van der Waals surface area contributed by atoms with Crippen molar-refractivity contribution in [3.63, 3.8) is 0 Å². The minimum absolute atomic E-state index is 0.0246. The Morgan fingerprint density at radius 2 is 2.05 bits per heavy atom. The van der Waals surface area contributed by atoms with Crippen molar-refractivity contribution in [2.75, 3.05) is 26.7 Å². The largest absolute Gasteiger partial charge is 0.301 e. The summed E-state index contributed by atoms with van der Waals surface area (Å²) >= 11 is 0. The summed E-state index contributed by atoms with van der Waals surface area (Å²) < 4.78 is 26.4. The average Bonchev–Trinajstić information content (AvgIpc) is 2.42. The highest BCUT2D eigenvalue weighted by Gasteiger charge is 2.31. The molecule has 20 heavy (non-hydrogen) atoms. The van der Waals surface area contributed by atoms with Crippen molar-refractivity contribution in [3.8, 4) is 0 Å². The van der Waals surface area contributed by atoms with Gasteiger partial charge >= 0.3 is 0 Å². The first kappa shape index (κ1) is 14.9. The van der Waals surface area contributed by atoms with Gasteiger partial charge in [0, 0.05) is 37.8 Å². The average molecular weight is 299 g/mol. The summed E-state index contributed by atoms with van der Waals surface area (Å²) in [6.45, 7) is 3.39. The molecule has 1 aromatic rings. The number of benzene rings is 1. The topological polar surface area (TPSA) is 83.8 Å². The van der Waals surface area contributed by atoms with E-state index in [0.29, 0.717) is 19.6 Å². The quantitative estimate of drug-likeness (QED) is 0.612. The molecule has 0 bridgehead atoms. The van der Waals surface area contributed by atoms with Gasteiger partial charge in [-0.3, -0.25) is 10.1 Å². The number of non-ortho nitro benzene ring substituents is 1. The summed E-state index contributed by atoms with van der Waals surface area (Å²) in [6.07, 6.45) is 0. The van der Waals surface area contributed by atoms with E-state index in [1.54, 1.807) is 0 Å². The minimum atomic E-state index is -3.67. The molecule has 0 spiro atoms. The smallest absolute Gasteiger partial charge is 0.270 e. The second-order valence-electron chi connectivity index (χ2n) is 4.95. The summed E-state index contributed by atoms with van der Waals surface area (Å²) in [5, 5.41) is 10.7. The number of likely N-dealkylation sites (N-methyl/N-ethyl adjacent to an activating group) is 1. The van der Waals surface area contributed by atoms with Gasteiger partial charge in [0.25, 0.3) is 5.69 Å². The molecule has 0 N–H and O–H groups in total. The van der Waals surface area contributed by atoms with Crippen LogP contribution in [0.25, 0.3) is 0 Å². The van der Waals surface area contributed by atoms with Crippen molar-refractivity contribution in [2.24, 2.45) is 0 Å². The van der Waals surface area contributed by atoms with Crippen LogP contribution in [0.3, 0.4) is 0 Å². The number of hydrogen-bond acceptors (Lipinski definition) is 5. The van der Waals surface area contributed by atoms with Crippen LogP contribution in [0.15, 0.2) is 29.2 Å². The summed E-state index contributed by atoms with van der Waals surface area (Å²) in [4.78, 5) is 12.2. The van der Waals surface area contributed by atoms with Crippen molar-refractivity contribution in [3.05, 3.63) is 34.4 Å². The molecule has 1 saturated heterocycles. The number of hydrogen-bond donors (Lipinski definition) is 0. The maximum Gasteiger partial charge on any atom is 0.270 e. The zero-order valence-electron chi connectivity index (χ0n) is 11.4. The van der Waals surface area contributed by atoms with Crippen molar-refractivity contribution >= 4 is 15.7 Å². The molecule has 1 aromatic carbocycles. The Morgan fingerprint density at radius 3 is 2.65 bits per heavy atom. The second kappa shape index (κ2) is 5.47. The summed E-state index contributed by atoms with van der Waals surface area (Å²) in [5.74, 6) is 0. The Bertz CT molecular complexity index is 617. The molecule has 0 aromatic heterocycles. The fourth-order valence-corrected chi connectivity index (χ4v) is 3.69. The number of sulfonamides is 1. The van der Waals surface area contributed by atoms with Crippen LogP contribution >= 0.6 is 0 Å². The molecule has 1 atom stereocenters. The van der Waals surface area contributed by atoms with Gasteiger partial charge in [0.05, 0.1) is 9.82 Å². The molecule has 1 aliphatic rings. The van der Waals surface area contributed by atoms with Crippen LogP contribution in [0.2, 0.25) is 0 Å². The molecule has 1 aliphatic heterocycles. The van der Waals surface area contributed by atoms with Gasteiger partial charge in [-0.25, -0.2) is 8.42 Å². The molecule has 1 fully saturated rings. The van der Waals surface area contributed by atoms with E-state index in [1.165, 1.54) is 22.5 Å². The van der Waals surface area contributed by atoms with Gasteiger partial charge in [-0.05, 0) is 20.0 Å². The third kappa shape index (κ3) is 2.82. The lowest BCUT2D eigenvalue weighted by Gasteiger charge is -2.36. The summed E-state index contributed by atoms with van der Waals surface area (Å²) in [6, 6.07) is 5.30. The molecule has 0 radical (unpaired) electrons. The molecule has 0 amide bonds. The van der Waals surface area contributed by atoms with E-state index in [0.717, 1.165) is 6.07 Å². The molecule has 8 heteroatoms. The SMILES string of the molecule is CC1CN(S(=O)(=O)c2cccc([N+](=O)[O-])c2)CCN1C. The Kier molecular flexibility index (Phi) is 4.07. The van der Waals surface area contributed by atoms with Crippen LogP contribution in [-0.4, -0.2) is 55.3 Å². The van der Waals surface area contributed by atoms with Crippen molar-refractivity contribution in [1.82, 2.24) is 9.21 Å². The van der Waals surface area contributed by atoms with E-state index in [4.69, 9.17) is 0 Å². The Hall–Kier alpha value is -1.51. The molecule has 1 heterocycles. The molecule has 0 saturated carbocycles. The Labute approximate surface area is 118 Å². The van der Waals surface area contributed by atoms with E-state index in [1.807, 2.05) is 14.0 Å². The number of rotatable bonds is 3. The number of nitrogens with zero attached hydrogens (tertiary/aromatic N) is 3. The molecule has 7 nitrogen and oxygen atoms in total.